The quantitative estimate of drug-likeness (QED) is 0.224. The number of nitro benzene ring substituents is 1. The van der Waals surface area contributed by atoms with E-state index in [1.165, 1.54) is 23.5 Å². The first kappa shape index (κ1) is 22.2. The van der Waals surface area contributed by atoms with Gasteiger partial charge in [0, 0.05) is 12.1 Å². The van der Waals surface area contributed by atoms with Crippen LogP contribution in [0.4, 0.5) is 5.69 Å². The van der Waals surface area contributed by atoms with Gasteiger partial charge in [-0.15, -0.1) is 0 Å². The van der Waals surface area contributed by atoms with Crippen LogP contribution in [0.25, 0.3) is 22.1 Å². The van der Waals surface area contributed by atoms with E-state index in [1.54, 1.807) is 22.6 Å². The molecule has 3 aromatic carbocycles. The van der Waals surface area contributed by atoms with E-state index in [-0.39, 0.29) is 17.9 Å². The molecule has 0 saturated carbocycles. The number of aromatic nitrogens is 2. The van der Waals surface area contributed by atoms with Crippen LogP contribution in [0, 0.1) is 24.0 Å². The molecular weight excluding hydrogens is 518 g/mol. The Balaban J connectivity index is 1.43. The zero-order valence-electron chi connectivity index (χ0n) is 18.2. The summed E-state index contributed by atoms with van der Waals surface area (Å²) in [6.45, 7) is 4.26. The van der Waals surface area contributed by atoms with Crippen molar-refractivity contribution < 1.29 is 9.66 Å². The lowest BCUT2D eigenvalue weighted by molar-refractivity contribution is -0.384. The van der Waals surface area contributed by atoms with E-state index < -0.39 is 4.92 Å². The monoisotopic (exact) mass is 535 g/mol. The van der Waals surface area contributed by atoms with Crippen molar-refractivity contribution in [3.63, 3.8) is 0 Å². The van der Waals surface area contributed by atoms with E-state index in [4.69, 9.17) is 4.74 Å². The van der Waals surface area contributed by atoms with Crippen LogP contribution in [-0.4, -0.2) is 14.3 Å². The lowest BCUT2D eigenvalue weighted by Gasteiger charge is -2.09. The normalized spacial score (nSPS) is 12.0. The molecule has 0 spiro atoms. The molecule has 5 rings (SSSR count). The average Bonchev–Trinajstić information content (AvgIpc) is 3.29. The molecule has 0 bridgehead atoms. The van der Waals surface area contributed by atoms with Gasteiger partial charge < -0.3 is 4.74 Å². The molecule has 0 amide bonds. The molecule has 9 heteroatoms. The topological polar surface area (TPSA) is 86.7 Å². The molecule has 0 radical (unpaired) electrons. The largest absolute Gasteiger partial charge is 0.488 e. The fraction of sp³-hybridized carbons (Fsp3) is 0.120. The molecule has 0 unspecified atom stereocenters. The SMILES string of the molecule is Cc1cc2nc3s/c(=C\c4ccc(OCc5cccc([N+](=O)[O-])c5)c(Br)c4)c(=O)n3c2cc1C. The zero-order valence-corrected chi connectivity index (χ0v) is 20.6. The Morgan fingerprint density at radius 1 is 1.15 bits per heavy atom. The maximum absolute atomic E-state index is 13.1. The number of hydrogen-bond acceptors (Lipinski definition) is 6. The number of rotatable bonds is 5. The summed E-state index contributed by atoms with van der Waals surface area (Å²) in [4.78, 5) is 28.9. The van der Waals surface area contributed by atoms with Gasteiger partial charge in [-0.25, -0.2) is 9.38 Å². The maximum Gasteiger partial charge on any atom is 0.274 e. The Labute approximate surface area is 206 Å². The number of aryl methyl sites for hydroxylation is 2. The lowest BCUT2D eigenvalue weighted by atomic mass is 10.1. The Bertz CT molecular complexity index is 1710. The maximum atomic E-state index is 13.1. The van der Waals surface area contributed by atoms with Gasteiger partial charge >= 0.3 is 0 Å². The highest BCUT2D eigenvalue weighted by atomic mass is 79.9. The molecule has 0 fully saturated rings. The van der Waals surface area contributed by atoms with Gasteiger partial charge in [-0.2, -0.15) is 0 Å². The number of nitro groups is 1. The molecule has 0 aliphatic heterocycles. The first-order valence-corrected chi connectivity index (χ1v) is 12.0. The molecule has 2 heterocycles. The summed E-state index contributed by atoms with van der Waals surface area (Å²) in [6, 6.07) is 15.9. The first-order chi connectivity index (χ1) is 16.3. The standard InChI is InChI=1S/C25H18BrN3O4S/c1-14-8-20-21(9-15(14)2)28-24(30)23(34-25(28)27-20)12-16-6-7-22(19(26)11-16)33-13-17-4-3-5-18(10-17)29(31)32/h3-12H,13H2,1-2H3/b23-12-. The van der Waals surface area contributed by atoms with Gasteiger partial charge in [-0.3, -0.25) is 14.9 Å². The Hall–Kier alpha value is -3.56. The Kier molecular flexibility index (Phi) is 5.66. The molecule has 0 aliphatic carbocycles. The van der Waals surface area contributed by atoms with Crippen molar-refractivity contribution in [2.45, 2.75) is 20.5 Å². The third-order valence-corrected chi connectivity index (χ3v) is 7.21. The second-order valence-electron chi connectivity index (χ2n) is 7.98. The molecule has 34 heavy (non-hydrogen) atoms. The number of imidazole rings is 1. The lowest BCUT2D eigenvalue weighted by Crippen LogP contribution is -2.22. The van der Waals surface area contributed by atoms with E-state index >= 15 is 0 Å². The van der Waals surface area contributed by atoms with Gasteiger partial charge in [-0.1, -0.05) is 29.5 Å². The van der Waals surface area contributed by atoms with Crippen LogP contribution in [-0.2, 0) is 6.61 Å². The molecule has 0 aliphatic rings. The minimum Gasteiger partial charge on any atom is -0.488 e. The summed E-state index contributed by atoms with van der Waals surface area (Å²) in [5.74, 6) is 0.601. The van der Waals surface area contributed by atoms with Gasteiger partial charge in [0.25, 0.3) is 11.2 Å². The molecule has 0 atom stereocenters. The van der Waals surface area contributed by atoms with Gasteiger partial charge in [0.05, 0.1) is 25.0 Å². The Morgan fingerprint density at radius 3 is 2.71 bits per heavy atom. The number of nitrogens with zero attached hydrogens (tertiary/aromatic N) is 3. The van der Waals surface area contributed by atoms with Crippen LogP contribution in [0.1, 0.15) is 22.3 Å². The number of fused-ring (bicyclic) bond motifs is 3. The smallest absolute Gasteiger partial charge is 0.274 e. The highest BCUT2D eigenvalue weighted by Crippen LogP contribution is 2.28. The number of benzene rings is 3. The van der Waals surface area contributed by atoms with Crippen molar-refractivity contribution in [2.24, 2.45) is 0 Å². The van der Waals surface area contributed by atoms with E-state index in [0.29, 0.717) is 20.8 Å². The minimum atomic E-state index is -0.429. The molecular formula is C25H18BrN3O4S. The van der Waals surface area contributed by atoms with E-state index in [9.17, 15) is 14.9 Å². The van der Waals surface area contributed by atoms with E-state index in [2.05, 4.69) is 20.9 Å². The fourth-order valence-corrected chi connectivity index (χ4v) is 5.21. The van der Waals surface area contributed by atoms with Gasteiger partial charge in [-0.05, 0) is 82.4 Å². The van der Waals surface area contributed by atoms with Crippen LogP contribution in [0.15, 0.2) is 63.9 Å². The third-order valence-electron chi connectivity index (χ3n) is 5.62. The summed E-state index contributed by atoms with van der Waals surface area (Å²) in [5, 5.41) is 11.0. The molecule has 5 aromatic rings. The van der Waals surface area contributed by atoms with Crippen molar-refractivity contribution >= 4 is 55.0 Å². The molecule has 170 valence electrons. The van der Waals surface area contributed by atoms with Crippen LogP contribution in [0.5, 0.6) is 5.75 Å². The van der Waals surface area contributed by atoms with E-state index in [0.717, 1.165) is 32.2 Å². The predicted molar refractivity (Wildman–Crippen MR) is 137 cm³/mol. The Morgan fingerprint density at radius 2 is 1.94 bits per heavy atom. The van der Waals surface area contributed by atoms with Crippen LogP contribution >= 0.6 is 27.3 Å². The molecule has 2 aromatic heterocycles. The summed E-state index contributed by atoms with van der Waals surface area (Å²) < 4.78 is 8.82. The van der Waals surface area contributed by atoms with E-state index in [1.807, 2.05) is 44.2 Å². The van der Waals surface area contributed by atoms with Crippen molar-refractivity contribution in [3.8, 4) is 5.75 Å². The second kappa shape index (κ2) is 8.66. The number of non-ortho nitro benzene ring substituents is 1. The summed E-state index contributed by atoms with van der Waals surface area (Å²) in [5.41, 5.74) is 5.40. The number of thiazole rings is 1. The predicted octanol–water partition coefficient (Wildman–Crippen LogP) is 5.32. The summed E-state index contributed by atoms with van der Waals surface area (Å²) in [6.07, 6.45) is 1.84. The summed E-state index contributed by atoms with van der Waals surface area (Å²) >= 11 is 4.88. The van der Waals surface area contributed by atoms with Gasteiger partial charge in [0.1, 0.15) is 12.4 Å². The molecule has 0 saturated heterocycles. The fourth-order valence-electron chi connectivity index (χ4n) is 3.71. The number of hydrogen-bond donors (Lipinski definition) is 0. The zero-order chi connectivity index (χ0) is 24.0. The molecule has 7 nitrogen and oxygen atoms in total. The number of ether oxygens (including phenoxy) is 1. The van der Waals surface area contributed by atoms with Crippen molar-refractivity contribution in [1.82, 2.24) is 9.38 Å². The van der Waals surface area contributed by atoms with Crippen LogP contribution < -0.4 is 14.8 Å². The number of halogens is 1. The van der Waals surface area contributed by atoms with Crippen molar-refractivity contribution in [3.05, 3.63) is 106 Å². The third kappa shape index (κ3) is 4.08. The second-order valence-corrected chi connectivity index (χ2v) is 9.84. The minimum absolute atomic E-state index is 0.0268. The first-order valence-electron chi connectivity index (χ1n) is 10.4. The highest BCUT2D eigenvalue weighted by molar-refractivity contribution is 9.10. The average molecular weight is 536 g/mol. The summed E-state index contributed by atoms with van der Waals surface area (Å²) in [7, 11) is 0. The van der Waals surface area contributed by atoms with Crippen LogP contribution in [0.3, 0.4) is 0 Å². The van der Waals surface area contributed by atoms with Crippen molar-refractivity contribution in [2.75, 3.05) is 0 Å². The van der Waals surface area contributed by atoms with Crippen LogP contribution in [0.2, 0.25) is 0 Å². The highest BCUT2D eigenvalue weighted by Gasteiger charge is 2.13. The van der Waals surface area contributed by atoms with Gasteiger partial charge in [0.15, 0.2) is 4.96 Å². The van der Waals surface area contributed by atoms with Gasteiger partial charge in [0.2, 0.25) is 0 Å². The molecule has 0 N–H and O–H groups in total. The van der Waals surface area contributed by atoms with Crippen molar-refractivity contribution in [1.29, 1.82) is 0 Å².